The van der Waals surface area contributed by atoms with Crippen molar-refractivity contribution in [1.29, 1.82) is 5.26 Å². The molecule has 1 N–H and O–H groups in total. The standard InChI is InChI=1S/C14H17FN2O/c1-14(18)5-2-7-17(8-6-14)12-4-3-11(10-16)13(15)9-12/h3-4,9,18H,2,5-8H2,1H3. The molecule has 1 fully saturated rings. The Morgan fingerprint density at radius 2 is 2.17 bits per heavy atom. The molecule has 1 heterocycles. The second kappa shape index (κ2) is 4.95. The molecule has 0 aliphatic carbocycles. The molecule has 1 aliphatic heterocycles. The molecule has 1 aromatic carbocycles. The van der Waals surface area contributed by atoms with Crippen molar-refractivity contribution in [1.82, 2.24) is 0 Å². The molecular weight excluding hydrogens is 231 g/mol. The van der Waals surface area contributed by atoms with Crippen LogP contribution in [0.4, 0.5) is 10.1 Å². The van der Waals surface area contributed by atoms with Gasteiger partial charge in [0.2, 0.25) is 0 Å². The maximum absolute atomic E-state index is 13.6. The van der Waals surface area contributed by atoms with Gasteiger partial charge in [-0.3, -0.25) is 0 Å². The predicted molar refractivity (Wildman–Crippen MR) is 67.8 cm³/mol. The number of anilines is 1. The van der Waals surface area contributed by atoms with Crippen LogP contribution in [0.25, 0.3) is 0 Å². The van der Waals surface area contributed by atoms with Gasteiger partial charge >= 0.3 is 0 Å². The third-order valence-corrected chi connectivity index (χ3v) is 3.50. The van der Waals surface area contributed by atoms with Crippen LogP contribution in [0.3, 0.4) is 0 Å². The largest absolute Gasteiger partial charge is 0.390 e. The molecule has 0 spiro atoms. The first-order chi connectivity index (χ1) is 8.52. The van der Waals surface area contributed by atoms with Gasteiger partial charge in [-0.15, -0.1) is 0 Å². The molecule has 0 amide bonds. The van der Waals surface area contributed by atoms with Crippen molar-refractivity contribution in [2.24, 2.45) is 0 Å². The van der Waals surface area contributed by atoms with Crippen molar-refractivity contribution in [2.45, 2.75) is 31.8 Å². The van der Waals surface area contributed by atoms with Crippen molar-refractivity contribution in [3.63, 3.8) is 0 Å². The first-order valence-electron chi connectivity index (χ1n) is 6.19. The molecule has 1 aliphatic rings. The van der Waals surface area contributed by atoms with E-state index < -0.39 is 11.4 Å². The van der Waals surface area contributed by atoms with Gasteiger partial charge in [0, 0.05) is 18.8 Å². The van der Waals surface area contributed by atoms with Gasteiger partial charge in [0.05, 0.1) is 11.2 Å². The number of benzene rings is 1. The fraction of sp³-hybridized carbons (Fsp3) is 0.500. The number of nitrogens with zero attached hydrogens (tertiary/aromatic N) is 2. The van der Waals surface area contributed by atoms with Gasteiger partial charge in [-0.25, -0.2) is 4.39 Å². The fourth-order valence-electron chi connectivity index (χ4n) is 2.31. The number of rotatable bonds is 1. The lowest BCUT2D eigenvalue weighted by molar-refractivity contribution is 0.0481. The van der Waals surface area contributed by atoms with Crippen molar-refractivity contribution < 1.29 is 9.50 Å². The summed E-state index contributed by atoms with van der Waals surface area (Å²) < 4.78 is 13.6. The summed E-state index contributed by atoms with van der Waals surface area (Å²) >= 11 is 0. The number of hydrogen-bond donors (Lipinski definition) is 1. The molecule has 1 saturated heterocycles. The summed E-state index contributed by atoms with van der Waals surface area (Å²) in [6.45, 7) is 3.36. The third kappa shape index (κ3) is 2.80. The summed E-state index contributed by atoms with van der Waals surface area (Å²) in [4.78, 5) is 2.06. The van der Waals surface area contributed by atoms with Crippen molar-refractivity contribution in [3.05, 3.63) is 29.6 Å². The van der Waals surface area contributed by atoms with Crippen LogP contribution in [-0.4, -0.2) is 23.8 Å². The van der Waals surface area contributed by atoms with Crippen LogP contribution < -0.4 is 4.90 Å². The Balaban J connectivity index is 2.17. The minimum atomic E-state index is -0.625. The van der Waals surface area contributed by atoms with E-state index in [0.717, 1.165) is 25.1 Å². The van der Waals surface area contributed by atoms with Crippen molar-refractivity contribution in [3.8, 4) is 6.07 Å². The molecule has 1 atom stereocenters. The number of nitriles is 1. The second-order valence-electron chi connectivity index (χ2n) is 5.11. The first kappa shape index (κ1) is 12.8. The Morgan fingerprint density at radius 1 is 1.39 bits per heavy atom. The van der Waals surface area contributed by atoms with Gasteiger partial charge in [0.25, 0.3) is 0 Å². The maximum Gasteiger partial charge on any atom is 0.143 e. The van der Waals surface area contributed by atoms with Crippen molar-refractivity contribution >= 4 is 5.69 Å². The van der Waals surface area contributed by atoms with Gasteiger partial charge < -0.3 is 10.0 Å². The predicted octanol–water partition coefficient (Wildman–Crippen LogP) is 2.44. The summed E-state index contributed by atoms with van der Waals surface area (Å²) in [5.41, 5.74) is 0.227. The SMILES string of the molecule is CC1(O)CCCN(c2ccc(C#N)c(F)c2)CC1. The Kier molecular flexibility index (Phi) is 3.53. The number of aliphatic hydroxyl groups is 1. The van der Waals surface area contributed by atoms with Gasteiger partial charge in [0.1, 0.15) is 11.9 Å². The van der Waals surface area contributed by atoms with E-state index in [4.69, 9.17) is 5.26 Å². The lowest BCUT2D eigenvalue weighted by Crippen LogP contribution is -2.28. The number of halogens is 1. The molecule has 0 aromatic heterocycles. The van der Waals surface area contributed by atoms with Crippen LogP contribution in [-0.2, 0) is 0 Å². The van der Waals surface area contributed by atoms with Crippen LogP contribution in [0.1, 0.15) is 31.7 Å². The van der Waals surface area contributed by atoms with Crippen LogP contribution in [0.2, 0.25) is 0 Å². The topological polar surface area (TPSA) is 47.3 Å². The highest BCUT2D eigenvalue weighted by Crippen LogP contribution is 2.26. The fourth-order valence-corrected chi connectivity index (χ4v) is 2.31. The average Bonchev–Trinajstić information content (AvgIpc) is 2.50. The van der Waals surface area contributed by atoms with Gasteiger partial charge in [0.15, 0.2) is 0 Å². The van der Waals surface area contributed by atoms with Crippen LogP contribution in [0.15, 0.2) is 18.2 Å². The highest BCUT2D eigenvalue weighted by Gasteiger charge is 2.25. The molecule has 4 heteroatoms. The Hall–Kier alpha value is -1.60. The highest BCUT2D eigenvalue weighted by atomic mass is 19.1. The monoisotopic (exact) mass is 248 g/mol. The van der Waals surface area contributed by atoms with Crippen LogP contribution >= 0.6 is 0 Å². The lowest BCUT2D eigenvalue weighted by atomic mass is 9.98. The second-order valence-corrected chi connectivity index (χ2v) is 5.11. The van der Waals surface area contributed by atoms with Crippen molar-refractivity contribution in [2.75, 3.05) is 18.0 Å². The average molecular weight is 248 g/mol. The van der Waals surface area contributed by atoms with E-state index in [1.807, 2.05) is 13.0 Å². The van der Waals surface area contributed by atoms with E-state index in [-0.39, 0.29) is 5.56 Å². The summed E-state index contributed by atoms with van der Waals surface area (Å²) in [6, 6.07) is 6.49. The molecule has 1 unspecified atom stereocenters. The smallest absolute Gasteiger partial charge is 0.143 e. The zero-order chi connectivity index (χ0) is 13.2. The molecule has 18 heavy (non-hydrogen) atoms. The minimum Gasteiger partial charge on any atom is -0.390 e. The molecule has 1 aromatic rings. The quantitative estimate of drug-likeness (QED) is 0.830. The Bertz CT molecular complexity index is 479. The molecule has 0 radical (unpaired) electrons. The number of hydrogen-bond acceptors (Lipinski definition) is 3. The van der Waals surface area contributed by atoms with Gasteiger partial charge in [-0.2, -0.15) is 5.26 Å². The summed E-state index contributed by atoms with van der Waals surface area (Å²) in [7, 11) is 0. The molecule has 0 saturated carbocycles. The summed E-state index contributed by atoms with van der Waals surface area (Å²) in [5.74, 6) is -0.481. The van der Waals surface area contributed by atoms with E-state index >= 15 is 0 Å². The zero-order valence-corrected chi connectivity index (χ0v) is 10.5. The van der Waals surface area contributed by atoms with Gasteiger partial charge in [-0.1, -0.05) is 0 Å². The maximum atomic E-state index is 13.6. The molecule has 2 rings (SSSR count). The van der Waals surface area contributed by atoms with E-state index in [1.165, 1.54) is 12.1 Å². The summed E-state index contributed by atoms with van der Waals surface area (Å²) in [5, 5.41) is 18.7. The third-order valence-electron chi connectivity index (χ3n) is 3.50. The van der Waals surface area contributed by atoms with Crippen LogP contribution in [0.5, 0.6) is 0 Å². The molecular formula is C14H17FN2O. The van der Waals surface area contributed by atoms with E-state index in [2.05, 4.69) is 4.90 Å². The molecule has 96 valence electrons. The first-order valence-corrected chi connectivity index (χ1v) is 6.19. The lowest BCUT2D eigenvalue weighted by Gasteiger charge is -2.24. The highest BCUT2D eigenvalue weighted by molar-refractivity contribution is 5.50. The molecule has 3 nitrogen and oxygen atoms in total. The Labute approximate surface area is 106 Å². The van der Waals surface area contributed by atoms with Crippen LogP contribution in [0, 0.1) is 17.1 Å². The van der Waals surface area contributed by atoms with E-state index in [1.54, 1.807) is 6.07 Å². The van der Waals surface area contributed by atoms with Gasteiger partial charge in [-0.05, 0) is 44.4 Å². The minimum absolute atomic E-state index is 0.0700. The normalized spacial score (nSPS) is 24.4. The summed E-state index contributed by atoms with van der Waals surface area (Å²) in [6.07, 6.45) is 2.32. The van der Waals surface area contributed by atoms with E-state index in [0.29, 0.717) is 13.0 Å². The zero-order valence-electron chi connectivity index (χ0n) is 10.5. The molecule has 0 bridgehead atoms. The Morgan fingerprint density at radius 3 is 2.83 bits per heavy atom. The van der Waals surface area contributed by atoms with E-state index in [9.17, 15) is 9.50 Å².